The van der Waals surface area contributed by atoms with Crippen LogP contribution in [0.4, 0.5) is 15.8 Å². The summed E-state index contributed by atoms with van der Waals surface area (Å²) in [5.41, 5.74) is 2.44. The zero-order valence-electron chi connectivity index (χ0n) is 16.8. The third kappa shape index (κ3) is 3.28. The van der Waals surface area contributed by atoms with Crippen LogP contribution in [0.3, 0.4) is 0 Å². The Balaban J connectivity index is 1.91. The van der Waals surface area contributed by atoms with Crippen molar-refractivity contribution < 1.29 is 23.4 Å². The molecule has 0 fully saturated rings. The third-order valence-corrected chi connectivity index (χ3v) is 5.06. The molecule has 0 bridgehead atoms. The van der Waals surface area contributed by atoms with E-state index < -0.39 is 6.17 Å². The van der Waals surface area contributed by atoms with E-state index in [0.717, 1.165) is 0 Å². The highest BCUT2D eigenvalue weighted by Crippen LogP contribution is 2.43. The normalized spacial score (nSPS) is 15.3. The van der Waals surface area contributed by atoms with Gasteiger partial charge in [0.2, 0.25) is 0 Å². The maximum Gasteiger partial charge on any atom is 0.262 e. The first-order valence-electron chi connectivity index (χ1n) is 9.32. The van der Waals surface area contributed by atoms with Crippen LogP contribution in [-0.4, -0.2) is 27.2 Å². The fourth-order valence-corrected chi connectivity index (χ4v) is 3.61. The van der Waals surface area contributed by atoms with E-state index in [9.17, 15) is 9.18 Å². The van der Waals surface area contributed by atoms with Gasteiger partial charge in [-0.1, -0.05) is 12.1 Å². The highest BCUT2D eigenvalue weighted by molar-refractivity contribution is 6.12. The summed E-state index contributed by atoms with van der Waals surface area (Å²) in [4.78, 5) is 15.0. The van der Waals surface area contributed by atoms with Crippen molar-refractivity contribution in [2.45, 2.75) is 6.17 Å². The number of nitrogens with one attached hydrogen (secondary N) is 1. The number of nitrogens with zero attached hydrogens (tertiary/aromatic N) is 1. The molecule has 154 valence electrons. The molecular formula is C23H21FN2O4. The predicted molar refractivity (Wildman–Crippen MR) is 112 cm³/mol. The molecule has 1 atom stereocenters. The van der Waals surface area contributed by atoms with Crippen molar-refractivity contribution in [2.75, 3.05) is 31.5 Å². The van der Waals surface area contributed by atoms with Gasteiger partial charge in [0.05, 0.1) is 26.9 Å². The van der Waals surface area contributed by atoms with Crippen LogP contribution in [0, 0.1) is 5.82 Å². The summed E-state index contributed by atoms with van der Waals surface area (Å²) in [6.45, 7) is 0. The maximum atomic E-state index is 13.5. The molecule has 0 unspecified atom stereocenters. The molecule has 0 saturated carbocycles. The number of carbonyl (C=O) groups excluding carboxylic acids is 1. The lowest BCUT2D eigenvalue weighted by Crippen LogP contribution is -2.43. The standard InChI is InChI=1S/C23H21FN2O4/c1-28-19-13-21(30-3)20(29-2)12-17(19)22-25-18-7-5-4-6-16(18)23(27)26(22)15-10-8-14(24)9-11-15/h4-13,22,25H,1-3H3/t22-/m0/s1. The molecule has 1 N–H and O–H groups in total. The van der Waals surface area contributed by atoms with E-state index in [1.165, 1.54) is 12.1 Å². The van der Waals surface area contributed by atoms with Gasteiger partial charge in [-0.3, -0.25) is 9.69 Å². The second kappa shape index (κ2) is 7.94. The van der Waals surface area contributed by atoms with E-state index >= 15 is 0 Å². The van der Waals surface area contributed by atoms with Crippen molar-refractivity contribution in [3.05, 3.63) is 77.6 Å². The van der Waals surface area contributed by atoms with Gasteiger partial charge in [0.15, 0.2) is 11.5 Å². The minimum atomic E-state index is -0.618. The average molecular weight is 408 g/mol. The number of benzene rings is 3. The van der Waals surface area contributed by atoms with Crippen molar-refractivity contribution in [1.29, 1.82) is 0 Å². The molecule has 4 rings (SSSR count). The van der Waals surface area contributed by atoms with Gasteiger partial charge in [-0.15, -0.1) is 0 Å². The zero-order valence-corrected chi connectivity index (χ0v) is 16.8. The molecule has 0 saturated heterocycles. The van der Waals surface area contributed by atoms with Gasteiger partial charge in [0, 0.05) is 23.0 Å². The van der Waals surface area contributed by atoms with Crippen molar-refractivity contribution >= 4 is 17.3 Å². The van der Waals surface area contributed by atoms with Gasteiger partial charge >= 0.3 is 0 Å². The number of amides is 1. The number of carbonyl (C=O) groups is 1. The Kier molecular flexibility index (Phi) is 5.18. The monoisotopic (exact) mass is 408 g/mol. The van der Waals surface area contributed by atoms with Crippen LogP contribution in [0.25, 0.3) is 0 Å². The number of methoxy groups -OCH3 is 3. The number of fused-ring (bicyclic) bond motifs is 1. The Bertz CT molecular complexity index is 1090. The summed E-state index contributed by atoms with van der Waals surface area (Å²) in [5, 5.41) is 3.41. The molecule has 0 aliphatic carbocycles. The zero-order chi connectivity index (χ0) is 21.3. The van der Waals surface area contributed by atoms with Crippen LogP contribution in [0.15, 0.2) is 60.7 Å². The lowest BCUT2D eigenvalue weighted by atomic mass is 10.0. The fraction of sp³-hybridized carbons (Fsp3) is 0.174. The molecule has 3 aromatic rings. The Hall–Kier alpha value is -3.74. The van der Waals surface area contributed by atoms with Crippen LogP contribution < -0.4 is 24.4 Å². The molecular weight excluding hydrogens is 387 g/mol. The molecule has 0 spiro atoms. The SMILES string of the molecule is COc1cc(OC)c([C@H]2Nc3ccccc3C(=O)N2c2ccc(F)cc2)cc1OC. The van der Waals surface area contributed by atoms with Crippen molar-refractivity contribution in [1.82, 2.24) is 0 Å². The second-order valence-corrected chi connectivity index (χ2v) is 6.69. The highest BCUT2D eigenvalue weighted by atomic mass is 19.1. The first kappa shape index (κ1) is 19.6. The maximum absolute atomic E-state index is 13.5. The summed E-state index contributed by atoms with van der Waals surface area (Å²) in [7, 11) is 4.63. The third-order valence-electron chi connectivity index (χ3n) is 5.06. The molecule has 1 heterocycles. The van der Waals surface area contributed by atoms with Crippen LogP contribution in [0.1, 0.15) is 22.1 Å². The average Bonchev–Trinajstić information content (AvgIpc) is 2.79. The number of para-hydroxylation sites is 1. The largest absolute Gasteiger partial charge is 0.496 e. The fourth-order valence-electron chi connectivity index (χ4n) is 3.61. The van der Waals surface area contributed by atoms with Gasteiger partial charge < -0.3 is 19.5 Å². The van der Waals surface area contributed by atoms with Crippen LogP contribution in [0.5, 0.6) is 17.2 Å². The number of ether oxygens (including phenoxy) is 3. The van der Waals surface area contributed by atoms with Crippen molar-refractivity contribution in [3.8, 4) is 17.2 Å². The second-order valence-electron chi connectivity index (χ2n) is 6.69. The van der Waals surface area contributed by atoms with Crippen LogP contribution in [0.2, 0.25) is 0 Å². The van der Waals surface area contributed by atoms with E-state index in [0.29, 0.717) is 39.8 Å². The van der Waals surface area contributed by atoms with Crippen LogP contribution in [-0.2, 0) is 0 Å². The molecule has 1 aliphatic rings. The summed E-state index contributed by atoms with van der Waals surface area (Å²) >= 11 is 0. The summed E-state index contributed by atoms with van der Waals surface area (Å²) in [5.74, 6) is 0.938. The summed E-state index contributed by atoms with van der Waals surface area (Å²) < 4.78 is 30.0. The number of anilines is 2. The smallest absolute Gasteiger partial charge is 0.262 e. The van der Waals surface area contributed by atoms with Gasteiger partial charge in [0.25, 0.3) is 5.91 Å². The number of halogens is 1. The molecule has 30 heavy (non-hydrogen) atoms. The van der Waals surface area contributed by atoms with E-state index in [4.69, 9.17) is 14.2 Å². The number of hydrogen-bond acceptors (Lipinski definition) is 5. The van der Waals surface area contributed by atoms with E-state index in [-0.39, 0.29) is 11.7 Å². The van der Waals surface area contributed by atoms with E-state index in [1.807, 2.05) is 12.1 Å². The number of rotatable bonds is 5. The minimum absolute atomic E-state index is 0.210. The first-order chi connectivity index (χ1) is 14.6. The van der Waals surface area contributed by atoms with Crippen LogP contribution >= 0.6 is 0 Å². The molecule has 0 radical (unpaired) electrons. The predicted octanol–water partition coefficient (Wildman–Crippen LogP) is 4.62. The van der Waals surface area contributed by atoms with Gasteiger partial charge in [-0.05, 0) is 42.5 Å². The summed E-state index contributed by atoms with van der Waals surface area (Å²) in [6.07, 6.45) is -0.618. The summed E-state index contributed by atoms with van der Waals surface area (Å²) in [6, 6.07) is 16.5. The Labute approximate surface area is 173 Å². The molecule has 6 nitrogen and oxygen atoms in total. The van der Waals surface area contributed by atoms with Crippen molar-refractivity contribution in [3.63, 3.8) is 0 Å². The molecule has 7 heteroatoms. The lowest BCUT2D eigenvalue weighted by Gasteiger charge is -2.38. The van der Waals surface area contributed by atoms with Crippen molar-refractivity contribution in [2.24, 2.45) is 0 Å². The Morgan fingerprint density at radius 1 is 0.867 bits per heavy atom. The quantitative estimate of drug-likeness (QED) is 0.667. The molecule has 0 aromatic heterocycles. The first-order valence-corrected chi connectivity index (χ1v) is 9.32. The highest BCUT2D eigenvalue weighted by Gasteiger charge is 2.36. The molecule has 1 amide bonds. The van der Waals surface area contributed by atoms with Gasteiger partial charge in [-0.2, -0.15) is 0 Å². The Morgan fingerprint density at radius 3 is 2.17 bits per heavy atom. The van der Waals surface area contributed by atoms with E-state index in [1.54, 1.807) is 62.6 Å². The number of hydrogen-bond donors (Lipinski definition) is 1. The van der Waals surface area contributed by atoms with E-state index in [2.05, 4.69) is 5.32 Å². The topological polar surface area (TPSA) is 60.0 Å². The Morgan fingerprint density at radius 2 is 1.50 bits per heavy atom. The molecule has 3 aromatic carbocycles. The van der Waals surface area contributed by atoms with Gasteiger partial charge in [-0.25, -0.2) is 4.39 Å². The lowest BCUT2D eigenvalue weighted by molar-refractivity contribution is 0.0974. The molecule has 1 aliphatic heterocycles. The van der Waals surface area contributed by atoms with Gasteiger partial charge in [0.1, 0.15) is 17.7 Å². The minimum Gasteiger partial charge on any atom is -0.496 e.